The van der Waals surface area contributed by atoms with Gasteiger partial charge < -0.3 is 33.8 Å². The van der Waals surface area contributed by atoms with Crippen LogP contribution < -0.4 is 0 Å². The molecule has 0 saturated carbocycles. The number of hydrogen-bond donors (Lipinski definition) is 3. The van der Waals surface area contributed by atoms with Crippen LogP contribution in [-0.4, -0.2) is 96.7 Å². The lowest BCUT2D eigenvalue weighted by Gasteiger charge is -2.21. The van der Waals surface area contributed by atoms with Gasteiger partial charge in [-0.1, -0.05) is 330 Å². The van der Waals surface area contributed by atoms with Crippen molar-refractivity contribution in [1.29, 1.82) is 0 Å². The van der Waals surface area contributed by atoms with Crippen molar-refractivity contribution in [2.24, 2.45) is 11.8 Å². The lowest BCUT2D eigenvalue weighted by molar-refractivity contribution is -0.161. The minimum Gasteiger partial charge on any atom is -0.462 e. The van der Waals surface area contributed by atoms with Crippen LogP contribution in [0.2, 0.25) is 0 Å². The molecule has 93 heavy (non-hydrogen) atoms. The van der Waals surface area contributed by atoms with Crippen molar-refractivity contribution in [2.75, 3.05) is 39.6 Å². The molecule has 5 atom stereocenters. The Morgan fingerprint density at radius 3 is 0.731 bits per heavy atom. The Morgan fingerprint density at radius 2 is 0.495 bits per heavy atom. The second kappa shape index (κ2) is 66.0. The van der Waals surface area contributed by atoms with Crippen molar-refractivity contribution in [1.82, 2.24) is 0 Å². The normalized spacial score (nSPS) is 14.1. The second-order valence-corrected chi connectivity index (χ2v) is 30.5. The van der Waals surface area contributed by atoms with E-state index >= 15 is 0 Å². The maximum atomic E-state index is 13.1. The SMILES string of the molecule is CCCCCCCCCCCCCCCCCCCCCCC(=O)O[C@H](COC(=O)CCCCCCCCCCCCCC(C)C)COP(=O)(O)OC[C@@H](O)COP(=O)(O)OC[C@@H](COC(=O)CCCCCCCCCC)OC(=O)CCCCCCCCCCC(C)C. The average molecular weight is 1370 g/mol. The Labute approximate surface area is 568 Å². The fraction of sp³-hybridized carbons (Fsp3) is 0.946. The van der Waals surface area contributed by atoms with Gasteiger partial charge in [0.1, 0.15) is 19.3 Å². The molecule has 0 heterocycles. The van der Waals surface area contributed by atoms with E-state index in [1.165, 1.54) is 193 Å². The summed E-state index contributed by atoms with van der Waals surface area (Å²) in [5.74, 6) is -0.634. The molecular weight excluding hydrogens is 1220 g/mol. The van der Waals surface area contributed by atoms with Crippen LogP contribution in [0.1, 0.15) is 382 Å². The number of aliphatic hydroxyl groups is 1. The van der Waals surface area contributed by atoms with E-state index in [0.717, 1.165) is 108 Å². The van der Waals surface area contributed by atoms with Crippen molar-refractivity contribution in [3.8, 4) is 0 Å². The van der Waals surface area contributed by atoms with Gasteiger partial charge in [0.25, 0.3) is 0 Å². The Kier molecular flexibility index (Phi) is 64.6. The number of carbonyl (C=O) groups excluding carboxylic acids is 4. The van der Waals surface area contributed by atoms with E-state index in [4.69, 9.17) is 37.0 Å². The summed E-state index contributed by atoms with van der Waals surface area (Å²) in [5, 5.41) is 10.6. The minimum absolute atomic E-state index is 0.104. The summed E-state index contributed by atoms with van der Waals surface area (Å²) in [4.78, 5) is 72.6. The molecule has 0 radical (unpaired) electrons. The lowest BCUT2D eigenvalue weighted by Crippen LogP contribution is -2.30. The van der Waals surface area contributed by atoms with Gasteiger partial charge >= 0.3 is 39.5 Å². The largest absolute Gasteiger partial charge is 0.472 e. The van der Waals surface area contributed by atoms with Gasteiger partial charge in [0, 0.05) is 25.7 Å². The smallest absolute Gasteiger partial charge is 0.462 e. The van der Waals surface area contributed by atoms with Crippen LogP contribution in [0.25, 0.3) is 0 Å². The van der Waals surface area contributed by atoms with E-state index in [0.29, 0.717) is 25.7 Å². The number of esters is 4. The van der Waals surface area contributed by atoms with Gasteiger partial charge in [0.15, 0.2) is 12.2 Å². The summed E-state index contributed by atoms with van der Waals surface area (Å²) >= 11 is 0. The average Bonchev–Trinajstić information content (AvgIpc) is 2.92. The van der Waals surface area contributed by atoms with Crippen molar-refractivity contribution < 1.29 is 80.2 Å². The van der Waals surface area contributed by atoms with Crippen LogP contribution in [0, 0.1) is 11.8 Å². The highest BCUT2D eigenvalue weighted by molar-refractivity contribution is 7.47. The number of unbranched alkanes of at least 4 members (excludes halogenated alkanes) is 43. The first-order valence-corrected chi connectivity index (χ1v) is 41.5. The predicted octanol–water partition coefficient (Wildman–Crippen LogP) is 21.6. The molecule has 0 aliphatic carbocycles. The van der Waals surface area contributed by atoms with Gasteiger partial charge in [-0.3, -0.25) is 37.3 Å². The van der Waals surface area contributed by atoms with Crippen LogP contribution in [0.4, 0.5) is 0 Å². The van der Waals surface area contributed by atoms with E-state index in [1.807, 2.05) is 0 Å². The Hall–Kier alpha value is -1.94. The number of rotatable bonds is 73. The van der Waals surface area contributed by atoms with Crippen molar-refractivity contribution in [3.05, 3.63) is 0 Å². The number of ether oxygens (including phenoxy) is 4. The molecule has 0 aromatic carbocycles. The van der Waals surface area contributed by atoms with E-state index < -0.39 is 97.5 Å². The number of carbonyl (C=O) groups is 4. The molecule has 0 rings (SSSR count). The van der Waals surface area contributed by atoms with Crippen molar-refractivity contribution in [3.63, 3.8) is 0 Å². The molecule has 0 aromatic rings. The monoisotopic (exact) mass is 1370 g/mol. The van der Waals surface area contributed by atoms with Gasteiger partial charge in [-0.05, 0) is 37.5 Å². The molecule has 0 aromatic heterocycles. The first-order valence-electron chi connectivity index (χ1n) is 38.5. The Morgan fingerprint density at radius 1 is 0.290 bits per heavy atom. The zero-order valence-corrected chi connectivity index (χ0v) is 62.3. The summed E-state index contributed by atoms with van der Waals surface area (Å²) in [6.07, 6.45) is 52.9. The minimum atomic E-state index is -4.95. The number of aliphatic hydroxyl groups excluding tert-OH is 1. The highest BCUT2D eigenvalue weighted by atomic mass is 31.2. The third-order valence-electron chi connectivity index (χ3n) is 17.2. The molecule has 19 heteroatoms. The maximum Gasteiger partial charge on any atom is 0.472 e. The molecule has 0 spiro atoms. The van der Waals surface area contributed by atoms with E-state index in [-0.39, 0.29) is 25.7 Å². The Bertz CT molecular complexity index is 1800. The maximum absolute atomic E-state index is 13.1. The molecule has 0 amide bonds. The standard InChI is InChI=1S/C74H144O17P2/c1-7-9-11-13-15-17-18-19-20-21-22-23-24-25-26-29-33-40-46-52-58-73(78)90-70(63-85-72(77)57-51-45-39-32-30-27-28-31-36-42-48-54-66(3)4)65-89-93(82,83)87-61-68(75)60-86-92(80,81)88-64-69(62-84-71(76)56-50-44-38-16-14-12-10-8-2)91-74(79)59-53-47-41-35-34-37-43-49-55-67(5)6/h66-70,75H,7-65H2,1-6H3,(H,80,81)(H,82,83)/t68-,69+,70+/m0/s1. The quantitative estimate of drug-likeness (QED) is 0.0222. The molecule has 0 bridgehead atoms. The van der Waals surface area contributed by atoms with Crippen LogP contribution in [0.5, 0.6) is 0 Å². The van der Waals surface area contributed by atoms with Crippen molar-refractivity contribution >= 4 is 39.5 Å². The van der Waals surface area contributed by atoms with E-state index in [1.54, 1.807) is 0 Å². The third kappa shape index (κ3) is 68.4. The highest BCUT2D eigenvalue weighted by Gasteiger charge is 2.30. The van der Waals surface area contributed by atoms with Crippen LogP contribution in [0.3, 0.4) is 0 Å². The fourth-order valence-electron chi connectivity index (χ4n) is 11.3. The first kappa shape index (κ1) is 91.1. The lowest BCUT2D eigenvalue weighted by atomic mass is 10.0. The first-order chi connectivity index (χ1) is 44.9. The highest BCUT2D eigenvalue weighted by Crippen LogP contribution is 2.45. The number of phosphoric ester groups is 2. The van der Waals surface area contributed by atoms with Crippen LogP contribution >= 0.6 is 15.6 Å². The van der Waals surface area contributed by atoms with E-state index in [2.05, 4.69) is 41.5 Å². The molecule has 3 N–H and O–H groups in total. The fourth-order valence-corrected chi connectivity index (χ4v) is 12.9. The summed E-state index contributed by atoms with van der Waals surface area (Å²) in [6.45, 7) is 9.51. The third-order valence-corrected chi connectivity index (χ3v) is 19.1. The second-order valence-electron chi connectivity index (χ2n) is 27.6. The van der Waals surface area contributed by atoms with Crippen molar-refractivity contribution in [2.45, 2.75) is 400 Å². The Balaban J connectivity index is 5.19. The summed E-state index contributed by atoms with van der Waals surface area (Å²) in [7, 11) is -9.90. The molecule has 0 aliphatic heterocycles. The van der Waals surface area contributed by atoms with Crippen LogP contribution in [-0.2, 0) is 65.4 Å². The molecular formula is C74H144O17P2. The number of hydrogen-bond acceptors (Lipinski definition) is 15. The molecule has 2 unspecified atom stereocenters. The summed E-state index contributed by atoms with van der Waals surface area (Å²) in [6, 6.07) is 0. The number of phosphoric acid groups is 2. The molecule has 17 nitrogen and oxygen atoms in total. The van der Waals surface area contributed by atoms with Crippen LogP contribution in [0.15, 0.2) is 0 Å². The predicted molar refractivity (Wildman–Crippen MR) is 377 cm³/mol. The molecule has 0 saturated heterocycles. The molecule has 0 fully saturated rings. The van der Waals surface area contributed by atoms with Gasteiger partial charge in [-0.15, -0.1) is 0 Å². The summed E-state index contributed by atoms with van der Waals surface area (Å²) < 4.78 is 68.3. The zero-order chi connectivity index (χ0) is 68.6. The van der Waals surface area contributed by atoms with Gasteiger partial charge in [0.05, 0.1) is 26.4 Å². The van der Waals surface area contributed by atoms with Gasteiger partial charge in [0.2, 0.25) is 0 Å². The topological polar surface area (TPSA) is 237 Å². The van der Waals surface area contributed by atoms with Gasteiger partial charge in [-0.25, -0.2) is 9.13 Å². The van der Waals surface area contributed by atoms with E-state index in [9.17, 15) is 43.2 Å². The summed E-state index contributed by atoms with van der Waals surface area (Å²) in [5.41, 5.74) is 0. The zero-order valence-electron chi connectivity index (χ0n) is 60.6. The molecule has 0 aliphatic rings. The van der Waals surface area contributed by atoms with Gasteiger partial charge in [-0.2, -0.15) is 0 Å². The molecule has 552 valence electrons.